The number of thiazole rings is 1. The number of carbonyl (C=O) groups is 1. The summed E-state index contributed by atoms with van der Waals surface area (Å²) >= 11 is 8.80. The third kappa shape index (κ3) is 4.17. The van der Waals surface area contributed by atoms with E-state index in [4.69, 9.17) is 17.3 Å². The summed E-state index contributed by atoms with van der Waals surface area (Å²) in [5, 5.41) is 2.53. The molecule has 2 aromatic rings. The van der Waals surface area contributed by atoms with Crippen LogP contribution in [0, 0.1) is 0 Å². The standard InChI is InChI=1S/C12H14ClN3OS2.ClH/c1-2-16(6-8-3-4-10(13)19-8)12(17)9-7-18-11(5-14)15-9;/h3-4,7H,2,5-6,14H2,1H3;1H. The highest BCUT2D eigenvalue weighted by Crippen LogP contribution is 2.23. The highest BCUT2D eigenvalue weighted by Gasteiger charge is 2.18. The van der Waals surface area contributed by atoms with Gasteiger partial charge in [0.05, 0.1) is 10.9 Å². The normalized spacial score (nSPS) is 10.2. The van der Waals surface area contributed by atoms with Crippen LogP contribution in [-0.4, -0.2) is 22.3 Å². The first-order chi connectivity index (χ1) is 9.13. The van der Waals surface area contributed by atoms with Gasteiger partial charge in [0.1, 0.15) is 10.7 Å². The highest BCUT2D eigenvalue weighted by molar-refractivity contribution is 7.16. The lowest BCUT2D eigenvalue weighted by Crippen LogP contribution is -2.30. The highest BCUT2D eigenvalue weighted by atomic mass is 35.5. The molecule has 1 amide bonds. The van der Waals surface area contributed by atoms with Crippen LogP contribution in [0.1, 0.15) is 27.3 Å². The van der Waals surface area contributed by atoms with Crippen molar-refractivity contribution in [3.05, 3.63) is 37.4 Å². The molecule has 0 bridgehead atoms. The van der Waals surface area contributed by atoms with Gasteiger partial charge in [-0.1, -0.05) is 11.6 Å². The van der Waals surface area contributed by atoms with Crippen LogP contribution < -0.4 is 5.73 Å². The van der Waals surface area contributed by atoms with E-state index in [0.717, 1.165) is 14.2 Å². The topological polar surface area (TPSA) is 59.2 Å². The summed E-state index contributed by atoms with van der Waals surface area (Å²) < 4.78 is 0.734. The summed E-state index contributed by atoms with van der Waals surface area (Å²) in [5.74, 6) is -0.0667. The van der Waals surface area contributed by atoms with Crippen LogP contribution >= 0.6 is 46.7 Å². The maximum Gasteiger partial charge on any atom is 0.273 e. The van der Waals surface area contributed by atoms with Crippen molar-refractivity contribution < 1.29 is 4.79 Å². The third-order valence-electron chi connectivity index (χ3n) is 2.59. The molecule has 0 unspecified atom stereocenters. The molecule has 2 aromatic heterocycles. The average Bonchev–Trinajstić information content (AvgIpc) is 3.04. The minimum atomic E-state index is -0.0667. The van der Waals surface area contributed by atoms with Crippen LogP contribution in [0.5, 0.6) is 0 Å². The van der Waals surface area contributed by atoms with E-state index in [-0.39, 0.29) is 18.3 Å². The number of thiophene rings is 1. The number of nitrogens with zero attached hydrogens (tertiary/aromatic N) is 2. The minimum Gasteiger partial charge on any atom is -0.332 e. The van der Waals surface area contributed by atoms with Crippen LogP contribution in [0.3, 0.4) is 0 Å². The van der Waals surface area contributed by atoms with Gasteiger partial charge >= 0.3 is 0 Å². The molecule has 0 aliphatic heterocycles. The van der Waals surface area contributed by atoms with E-state index in [9.17, 15) is 4.79 Å². The van der Waals surface area contributed by atoms with E-state index < -0.39 is 0 Å². The summed E-state index contributed by atoms with van der Waals surface area (Å²) in [4.78, 5) is 19.4. The van der Waals surface area contributed by atoms with E-state index >= 15 is 0 Å². The molecule has 0 spiro atoms. The molecule has 4 nitrogen and oxygen atoms in total. The summed E-state index contributed by atoms with van der Waals surface area (Å²) in [6.45, 7) is 3.50. The summed E-state index contributed by atoms with van der Waals surface area (Å²) in [5.41, 5.74) is 5.98. The second-order valence-electron chi connectivity index (χ2n) is 3.86. The molecule has 2 rings (SSSR count). The van der Waals surface area contributed by atoms with Gasteiger partial charge in [-0.3, -0.25) is 4.79 Å². The van der Waals surface area contributed by atoms with Gasteiger partial charge in [-0.05, 0) is 19.1 Å². The summed E-state index contributed by atoms with van der Waals surface area (Å²) in [6, 6.07) is 3.78. The maximum absolute atomic E-state index is 12.3. The molecule has 2 N–H and O–H groups in total. The molecule has 0 fully saturated rings. The molecule has 0 aliphatic rings. The molecule has 0 radical (unpaired) electrons. The van der Waals surface area contributed by atoms with Crippen molar-refractivity contribution in [1.82, 2.24) is 9.88 Å². The quantitative estimate of drug-likeness (QED) is 0.897. The van der Waals surface area contributed by atoms with Gasteiger partial charge in [-0.15, -0.1) is 35.1 Å². The molecular formula is C12H15Cl2N3OS2. The fourth-order valence-corrected chi connectivity index (χ4v) is 3.37. The molecule has 0 aliphatic carbocycles. The first-order valence-corrected chi connectivity index (χ1v) is 7.89. The number of nitrogens with two attached hydrogens (primary N) is 1. The van der Waals surface area contributed by atoms with Crippen molar-refractivity contribution in [3.8, 4) is 0 Å². The Hall–Kier alpha value is -0.660. The molecular weight excluding hydrogens is 337 g/mol. The number of hydrogen-bond donors (Lipinski definition) is 1. The monoisotopic (exact) mass is 351 g/mol. The zero-order valence-corrected chi connectivity index (χ0v) is 14.0. The Morgan fingerprint density at radius 2 is 2.25 bits per heavy atom. The van der Waals surface area contributed by atoms with Crippen LogP contribution in [0.15, 0.2) is 17.5 Å². The van der Waals surface area contributed by atoms with Gasteiger partial charge in [0.15, 0.2) is 0 Å². The van der Waals surface area contributed by atoms with Crippen molar-refractivity contribution in [3.63, 3.8) is 0 Å². The van der Waals surface area contributed by atoms with Crippen LogP contribution in [-0.2, 0) is 13.1 Å². The van der Waals surface area contributed by atoms with Gasteiger partial charge in [-0.25, -0.2) is 4.98 Å². The molecule has 110 valence electrons. The van der Waals surface area contributed by atoms with Crippen molar-refractivity contribution in [1.29, 1.82) is 0 Å². The molecule has 0 atom stereocenters. The lowest BCUT2D eigenvalue weighted by atomic mass is 10.3. The Morgan fingerprint density at radius 3 is 2.75 bits per heavy atom. The van der Waals surface area contributed by atoms with Crippen LogP contribution in [0.25, 0.3) is 0 Å². The second kappa shape index (κ2) is 7.95. The van der Waals surface area contributed by atoms with E-state index in [0.29, 0.717) is 25.3 Å². The fraction of sp³-hybridized carbons (Fsp3) is 0.333. The first kappa shape index (κ1) is 17.4. The van der Waals surface area contributed by atoms with Crippen molar-refractivity contribution in [2.24, 2.45) is 5.73 Å². The summed E-state index contributed by atoms with van der Waals surface area (Å²) in [6.07, 6.45) is 0. The van der Waals surface area contributed by atoms with E-state index in [2.05, 4.69) is 4.98 Å². The Labute approximate surface area is 137 Å². The number of halogens is 2. The van der Waals surface area contributed by atoms with Crippen LogP contribution in [0.2, 0.25) is 4.34 Å². The molecule has 20 heavy (non-hydrogen) atoms. The van der Waals surface area contributed by atoms with Gasteiger partial charge in [0, 0.05) is 23.3 Å². The number of amides is 1. The Balaban J connectivity index is 0.00000200. The largest absolute Gasteiger partial charge is 0.332 e. The predicted molar refractivity (Wildman–Crippen MR) is 87.0 cm³/mol. The fourth-order valence-electron chi connectivity index (χ4n) is 1.62. The molecule has 0 saturated heterocycles. The maximum atomic E-state index is 12.3. The number of hydrogen-bond acceptors (Lipinski definition) is 5. The van der Waals surface area contributed by atoms with Crippen LogP contribution in [0.4, 0.5) is 0 Å². The second-order valence-corrected chi connectivity index (χ2v) is 6.60. The Bertz CT molecular complexity index is 571. The van der Waals surface area contributed by atoms with E-state index in [1.165, 1.54) is 22.7 Å². The number of rotatable bonds is 5. The number of aromatic nitrogens is 1. The SMILES string of the molecule is CCN(Cc1ccc(Cl)s1)C(=O)c1csc(CN)n1.Cl. The van der Waals surface area contributed by atoms with Crippen molar-refractivity contribution >= 4 is 52.6 Å². The lowest BCUT2D eigenvalue weighted by Gasteiger charge is -2.18. The van der Waals surface area contributed by atoms with E-state index in [1.807, 2.05) is 19.1 Å². The van der Waals surface area contributed by atoms with Gasteiger partial charge in [0.25, 0.3) is 5.91 Å². The zero-order chi connectivity index (χ0) is 13.8. The van der Waals surface area contributed by atoms with Gasteiger partial charge < -0.3 is 10.6 Å². The average molecular weight is 352 g/mol. The minimum absolute atomic E-state index is 0. The molecule has 8 heteroatoms. The molecule has 2 heterocycles. The molecule has 0 aromatic carbocycles. The van der Waals surface area contributed by atoms with Gasteiger partial charge in [0.2, 0.25) is 0 Å². The zero-order valence-electron chi connectivity index (χ0n) is 10.8. The van der Waals surface area contributed by atoms with Crippen molar-refractivity contribution in [2.75, 3.05) is 6.54 Å². The third-order valence-corrected chi connectivity index (χ3v) is 4.68. The molecule has 0 saturated carbocycles. The van der Waals surface area contributed by atoms with Crippen molar-refractivity contribution in [2.45, 2.75) is 20.0 Å². The predicted octanol–water partition coefficient (Wildman–Crippen LogP) is 3.40. The Kier molecular flexibility index (Phi) is 6.91. The van der Waals surface area contributed by atoms with Gasteiger partial charge in [-0.2, -0.15) is 0 Å². The smallest absolute Gasteiger partial charge is 0.273 e. The summed E-state index contributed by atoms with van der Waals surface area (Å²) in [7, 11) is 0. The lowest BCUT2D eigenvalue weighted by molar-refractivity contribution is 0.0749. The first-order valence-electron chi connectivity index (χ1n) is 5.82. The van der Waals surface area contributed by atoms with E-state index in [1.54, 1.807) is 10.3 Å². The number of carbonyl (C=O) groups excluding carboxylic acids is 1. The Morgan fingerprint density at radius 1 is 1.50 bits per heavy atom.